The van der Waals surface area contributed by atoms with Gasteiger partial charge in [-0.3, -0.25) is 14.1 Å². The highest BCUT2D eigenvalue weighted by atomic mass is 32.2. The first-order chi connectivity index (χ1) is 26.5. The van der Waals surface area contributed by atoms with E-state index in [-0.39, 0.29) is 19.4 Å². The molecule has 324 valence electrons. The maximum absolute atomic E-state index is 12.8. The molecule has 1 fully saturated rings. The molecule has 0 bridgehead atoms. The van der Waals surface area contributed by atoms with Crippen molar-refractivity contribution in [3.8, 4) is 0 Å². The van der Waals surface area contributed by atoms with Crippen molar-refractivity contribution in [3.63, 3.8) is 0 Å². The van der Waals surface area contributed by atoms with Crippen LogP contribution in [0.3, 0.4) is 0 Å². The monoisotopic (exact) mass is 807 g/mol. The minimum absolute atomic E-state index is 0.169. The third-order valence-electron chi connectivity index (χ3n) is 10.1. The zero-order valence-corrected chi connectivity index (χ0v) is 35.1. The summed E-state index contributed by atoms with van der Waals surface area (Å²) < 4.78 is 54.0. The van der Waals surface area contributed by atoms with E-state index in [0.29, 0.717) is 12.8 Å². The maximum Gasteiger partial charge on any atom is 0.306 e. The zero-order chi connectivity index (χ0) is 40.6. The molecule has 0 radical (unpaired) electrons. The van der Waals surface area contributed by atoms with Crippen molar-refractivity contribution < 1.29 is 56.8 Å². The predicted molar refractivity (Wildman–Crippen MR) is 215 cm³/mol. The van der Waals surface area contributed by atoms with Crippen LogP contribution in [0.2, 0.25) is 0 Å². The molecule has 1 saturated heterocycles. The molecule has 0 amide bonds. The summed E-state index contributed by atoms with van der Waals surface area (Å²) in [7, 11) is -4.60. The van der Waals surface area contributed by atoms with E-state index in [2.05, 4.69) is 26.0 Å². The molecule has 12 nitrogen and oxygen atoms in total. The van der Waals surface area contributed by atoms with E-state index in [1.165, 1.54) is 109 Å². The lowest BCUT2D eigenvalue weighted by molar-refractivity contribution is -0.297. The highest BCUT2D eigenvalue weighted by molar-refractivity contribution is 7.85. The Labute approximate surface area is 333 Å². The molecule has 0 aromatic rings. The second kappa shape index (κ2) is 33.4. The van der Waals surface area contributed by atoms with Gasteiger partial charge in [-0.1, -0.05) is 154 Å². The Morgan fingerprint density at radius 3 is 1.56 bits per heavy atom. The summed E-state index contributed by atoms with van der Waals surface area (Å²) >= 11 is 0. The lowest BCUT2D eigenvalue weighted by Gasteiger charge is -2.40. The Kier molecular flexibility index (Phi) is 31.2. The van der Waals surface area contributed by atoms with Crippen LogP contribution in [-0.4, -0.2) is 96.0 Å². The smallest absolute Gasteiger partial charge is 0.306 e. The van der Waals surface area contributed by atoms with Crippen molar-refractivity contribution in [1.82, 2.24) is 0 Å². The standard InChI is InChI=1S/C42H78O12S/c1-3-5-7-9-11-13-15-17-18-19-21-22-24-26-28-30-37(43)51-32-35(33-52-42-41(47)40(46)39(45)36(54-42)34-55(48,49)50)53-38(44)31-29-27-25-23-20-16-14-12-10-8-6-4-2/h9,11,35-36,39-42,45-47H,3-8,10,12-34H2,1-2H3,(H,48,49,50)/b11-9+/t35-,36-,39-,40?,41?,42+/m1/s1. The Bertz CT molecular complexity index is 1080. The van der Waals surface area contributed by atoms with Crippen LogP contribution in [0.4, 0.5) is 0 Å². The van der Waals surface area contributed by atoms with E-state index in [1.807, 2.05) is 0 Å². The van der Waals surface area contributed by atoms with Gasteiger partial charge in [-0.15, -0.1) is 0 Å². The summed E-state index contributed by atoms with van der Waals surface area (Å²) in [5.41, 5.74) is 0. The fourth-order valence-corrected chi connectivity index (χ4v) is 7.35. The molecule has 4 N–H and O–H groups in total. The molecule has 2 unspecified atom stereocenters. The van der Waals surface area contributed by atoms with Gasteiger partial charge < -0.3 is 34.3 Å². The highest BCUT2D eigenvalue weighted by Crippen LogP contribution is 2.24. The number of allylic oxidation sites excluding steroid dienone is 2. The minimum Gasteiger partial charge on any atom is -0.462 e. The van der Waals surface area contributed by atoms with Gasteiger partial charge in [0.2, 0.25) is 0 Å². The first-order valence-corrected chi connectivity index (χ1v) is 23.4. The molecule has 0 aliphatic carbocycles. The molecule has 1 rings (SSSR count). The van der Waals surface area contributed by atoms with Crippen molar-refractivity contribution >= 4 is 22.1 Å². The van der Waals surface area contributed by atoms with Crippen molar-refractivity contribution in [2.75, 3.05) is 19.0 Å². The first kappa shape index (κ1) is 51.4. The van der Waals surface area contributed by atoms with Gasteiger partial charge in [0, 0.05) is 12.8 Å². The quantitative estimate of drug-likeness (QED) is 0.0206. The number of aliphatic hydroxyl groups is 3. The van der Waals surface area contributed by atoms with Gasteiger partial charge in [-0.05, 0) is 32.1 Å². The number of aliphatic hydroxyl groups excluding tert-OH is 3. The van der Waals surface area contributed by atoms with E-state index >= 15 is 0 Å². The molecule has 6 atom stereocenters. The average Bonchev–Trinajstić information content (AvgIpc) is 3.14. The molecule has 1 aliphatic rings. The predicted octanol–water partition coefficient (Wildman–Crippen LogP) is 8.28. The summed E-state index contributed by atoms with van der Waals surface area (Å²) in [6, 6.07) is 0. The van der Waals surface area contributed by atoms with Crippen molar-refractivity contribution in [1.29, 1.82) is 0 Å². The summed E-state index contributed by atoms with van der Waals surface area (Å²) in [5, 5.41) is 30.8. The molecular formula is C42H78O12S. The van der Waals surface area contributed by atoms with E-state index in [1.54, 1.807) is 0 Å². The SMILES string of the molecule is CCCC/C=C/CCCCCCCCCCCC(=O)OC[C@H](CO[C@H]1O[C@H](CS(=O)(=O)O)[C@@H](O)C(O)C1O)OC(=O)CCCCCCCCCCCCCC. The number of esters is 2. The Morgan fingerprint density at radius 1 is 0.600 bits per heavy atom. The highest BCUT2D eigenvalue weighted by Gasteiger charge is 2.46. The van der Waals surface area contributed by atoms with E-state index < -0.39 is 71.2 Å². The fourth-order valence-electron chi connectivity index (χ4n) is 6.66. The van der Waals surface area contributed by atoms with Crippen molar-refractivity contribution in [2.45, 2.75) is 224 Å². The van der Waals surface area contributed by atoms with Crippen LogP contribution in [0, 0.1) is 0 Å². The third-order valence-corrected chi connectivity index (χ3v) is 10.8. The van der Waals surface area contributed by atoms with Gasteiger partial charge in [0.25, 0.3) is 10.1 Å². The van der Waals surface area contributed by atoms with Gasteiger partial charge in [0.15, 0.2) is 12.4 Å². The summed E-state index contributed by atoms with van der Waals surface area (Å²) in [6.45, 7) is 3.72. The first-order valence-electron chi connectivity index (χ1n) is 21.7. The average molecular weight is 807 g/mol. The van der Waals surface area contributed by atoms with E-state index in [9.17, 15) is 37.9 Å². The number of hydrogen-bond acceptors (Lipinski definition) is 11. The molecule has 13 heteroatoms. The molecule has 0 saturated carbocycles. The molecule has 0 aromatic heterocycles. The van der Waals surface area contributed by atoms with Gasteiger partial charge >= 0.3 is 11.9 Å². The van der Waals surface area contributed by atoms with Gasteiger partial charge in [0.1, 0.15) is 36.8 Å². The van der Waals surface area contributed by atoms with Crippen LogP contribution in [0.1, 0.15) is 187 Å². The van der Waals surface area contributed by atoms with Crippen LogP contribution in [-0.2, 0) is 38.7 Å². The van der Waals surface area contributed by atoms with Crippen LogP contribution in [0.25, 0.3) is 0 Å². The maximum atomic E-state index is 12.8. The number of ether oxygens (including phenoxy) is 4. The molecular weight excluding hydrogens is 729 g/mol. The molecule has 55 heavy (non-hydrogen) atoms. The summed E-state index contributed by atoms with van der Waals surface area (Å²) in [4.78, 5) is 25.3. The number of carbonyl (C=O) groups excluding carboxylic acids is 2. The fraction of sp³-hybridized carbons (Fsp3) is 0.905. The Hall–Kier alpha value is -1.61. The Morgan fingerprint density at radius 2 is 1.05 bits per heavy atom. The zero-order valence-electron chi connectivity index (χ0n) is 34.3. The van der Waals surface area contributed by atoms with Crippen LogP contribution >= 0.6 is 0 Å². The van der Waals surface area contributed by atoms with E-state index in [4.69, 9.17) is 18.9 Å². The minimum atomic E-state index is -4.60. The summed E-state index contributed by atoms with van der Waals surface area (Å²) in [6.07, 6.45) is 24.0. The van der Waals surface area contributed by atoms with Gasteiger partial charge in [-0.25, -0.2) is 0 Å². The lowest BCUT2D eigenvalue weighted by atomic mass is 10.00. The van der Waals surface area contributed by atoms with Gasteiger partial charge in [-0.2, -0.15) is 8.42 Å². The normalized spacial score (nSPS) is 20.9. The van der Waals surface area contributed by atoms with Gasteiger partial charge in [0.05, 0.1) is 6.61 Å². The molecule has 0 spiro atoms. The molecule has 0 aromatic carbocycles. The molecule has 1 aliphatic heterocycles. The topological polar surface area (TPSA) is 186 Å². The van der Waals surface area contributed by atoms with Crippen LogP contribution in [0.5, 0.6) is 0 Å². The second-order valence-corrected chi connectivity index (χ2v) is 16.9. The van der Waals surface area contributed by atoms with Crippen molar-refractivity contribution in [2.24, 2.45) is 0 Å². The van der Waals surface area contributed by atoms with E-state index in [0.717, 1.165) is 38.5 Å². The lowest BCUT2D eigenvalue weighted by Crippen LogP contribution is -2.60. The number of hydrogen-bond donors (Lipinski definition) is 4. The Balaban J connectivity index is 2.45. The van der Waals surface area contributed by atoms with Crippen LogP contribution < -0.4 is 0 Å². The van der Waals surface area contributed by atoms with Crippen molar-refractivity contribution in [3.05, 3.63) is 12.2 Å². The number of unbranched alkanes of at least 4 members (excludes halogenated alkanes) is 22. The molecule has 1 heterocycles. The second-order valence-electron chi connectivity index (χ2n) is 15.4. The third kappa shape index (κ3) is 28.4. The van der Waals surface area contributed by atoms with Crippen LogP contribution in [0.15, 0.2) is 12.2 Å². The number of rotatable bonds is 36. The largest absolute Gasteiger partial charge is 0.462 e. The summed E-state index contributed by atoms with van der Waals surface area (Å²) in [5.74, 6) is -1.98. The number of carbonyl (C=O) groups is 2.